The summed E-state index contributed by atoms with van der Waals surface area (Å²) in [5, 5.41) is 0.370. The molecule has 1 fully saturated rings. The highest BCUT2D eigenvalue weighted by Gasteiger charge is 2.31. The van der Waals surface area contributed by atoms with E-state index in [2.05, 4.69) is 11.5 Å². The molecule has 0 radical (unpaired) electrons. The Morgan fingerprint density at radius 2 is 2.03 bits per heavy atom. The Morgan fingerprint density at radius 3 is 2.76 bits per heavy atom. The van der Waals surface area contributed by atoms with Crippen molar-refractivity contribution in [2.75, 3.05) is 24.7 Å². The highest BCUT2D eigenvalue weighted by molar-refractivity contribution is 6.32. The molecule has 0 unspecified atom stereocenters. The van der Waals surface area contributed by atoms with Crippen molar-refractivity contribution in [3.63, 3.8) is 0 Å². The van der Waals surface area contributed by atoms with E-state index >= 15 is 0 Å². The van der Waals surface area contributed by atoms with Crippen molar-refractivity contribution in [1.29, 1.82) is 0 Å². The summed E-state index contributed by atoms with van der Waals surface area (Å²) in [5.74, 6) is 0.345. The zero-order chi connectivity index (χ0) is 23.6. The van der Waals surface area contributed by atoms with Gasteiger partial charge in [0.1, 0.15) is 12.4 Å². The average Bonchev–Trinajstić information content (AvgIpc) is 3.47. The van der Waals surface area contributed by atoms with E-state index in [1.165, 1.54) is 12.1 Å². The molecular weight excluding hydrogens is 455 g/mol. The lowest BCUT2D eigenvalue weighted by atomic mass is 10.1. The summed E-state index contributed by atoms with van der Waals surface area (Å²) in [6.07, 6.45) is 1.78. The number of benzene rings is 2. The van der Waals surface area contributed by atoms with E-state index in [9.17, 15) is 18.0 Å². The first-order valence-electron chi connectivity index (χ1n) is 10.4. The van der Waals surface area contributed by atoms with Gasteiger partial charge in [-0.05, 0) is 48.4 Å². The van der Waals surface area contributed by atoms with Gasteiger partial charge in [0.2, 0.25) is 5.91 Å². The fourth-order valence-electron chi connectivity index (χ4n) is 3.97. The van der Waals surface area contributed by atoms with Crippen LogP contribution in [0, 0.1) is 0 Å². The van der Waals surface area contributed by atoms with Crippen LogP contribution >= 0.6 is 11.6 Å². The largest absolute Gasteiger partial charge is 0.487 e. The number of rotatable bonds is 6. The van der Waals surface area contributed by atoms with Gasteiger partial charge in [0, 0.05) is 37.2 Å². The first-order chi connectivity index (χ1) is 15.7. The summed E-state index contributed by atoms with van der Waals surface area (Å²) < 4.78 is 44.3. The number of halogens is 4. The third kappa shape index (κ3) is 5.27. The molecule has 0 spiro atoms. The lowest BCUT2D eigenvalue weighted by molar-refractivity contribution is -0.137. The van der Waals surface area contributed by atoms with Crippen LogP contribution in [0.1, 0.15) is 17.5 Å². The van der Waals surface area contributed by atoms with E-state index in [0.717, 1.165) is 24.2 Å². The minimum atomic E-state index is -4.40. The molecule has 174 valence electrons. The smallest absolute Gasteiger partial charge is 0.416 e. The van der Waals surface area contributed by atoms with Crippen LogP contribution in [0.15, 0.2) is 67.5 Å². The van der Waals surface area contributed by atoms with E-state index < -0.39 is 11.7 Å². The van der Waals surface area contributed by atoms with Gasteiger partial charge >= 0.3 is 6.18 Å². The Kier molecular flexibility index (Phi) is 6.56. The number of amides is 1. The van der Waals surface area contributed by atoms with Gasteiger partial charge in [-0.15, -0.1) is 0 Å². The molecule has 2 aromatic rings. The highest BCUT2D eigenvalue weighted by Crippen LogP contribution is 2.33. The highest BCUT2D eigenvalue weighted by atomic mass is 35.5. The Hall–Kier alpha value is -3.13. The molecule has 0 aliphatic carbocycles. The molecule has 0 aromatic heterocycles. The third-order valence-electron chi connectivity index (χ3n) is 5.77. The molecule has 1 atom stereocenters. The van der Waals surface area contributed by atoms with E-state index in [4.69, 9.17) is 16.3 Å². The second-order valence-corrected chi connectivity index (χ2v) is 8.36. The van der Waals surface area contributed by atoms with Crippen molar-refractivity contribution in [3.05, 3.63) is 83.7 Å². The van der Waals surface area contributed by atoms with Crippen molar-refractivity contribution in [2.45, 2.75) is 25.2 Å². The Balaban J connectivity index is 1.35. The summed E-state index contributed by atoms with van der Waals surface area (Å²) in [6.45, 7) is 5.52. The molecule has 1 saturated heterocycles. The molecule has 2 aromatic carbocycles. The monoisotopic (exact) mass is 477 g/mol. The molecule has 4 rings (SSSR count). The number of nitrogens with zero attached hydrogens (tertiary/aromatic N) is 3. The van der Waals surface area contributed by atoms with Crippen molar-refractivity contribution < 1.29 is 22.7 Å². The van der Waals surface area contributed by atoms with Gasteiger partial charge < -0.3 is 19.4 Å². The van der Waals surface area contributed by atoms with Crippen LogP contribution in [0.25, 0.3) is 0 Å². The molecule has 0 N–H and O–H groups in total. The molecule has 0 saturated carbocycles. The second kappa shape index (κ2) is 9.39. The second-order valence-electron chi connectivity index (χ2n) is 7.96. The third-order valence-corrected chi connectivity index (χ3v) is 6.06. The van der Waals surface area contributed by atoms with Crippen molar-refractivity contribution in [1.82, 2.24) is 9.80 Å². The standard InChI is InChI=1S/C24H23ClF3N3O2/c1-2-23(32)29-9-8-20(14-29)31-11-10-30(16-31)19-6-7-22(21(25)13-19)33-15-17-4-3-5-18(12-17)24(26,27)28/h2-7,10-13,20H,1,8-9,14-16H2/t20-/m1/s1. The Morgan fingerprint density at radius 1 is 1.21 bits per heavy atom. The zero-order valence-corrected chi connectivity index (χ0v) is 18.5. The summed E-state index contributed by atoms with van der Waals surface area (Å²) in [7, 11) is 0. The molecule has 2 aliphatic heterocycles. The van der Waals surface area contributed by atoms with Gasteiger partial charge in [-0.1, -0.05) is 30.3 Å². The maximum absolute atomic E-state index is 12.9. The number of carbonyl (C=O) groups excluding carboxylic acids is 1. The first kappa shape index (κ1) is 23.0. The Bertz CT molecular complexity index is 1070. The lowest BCUT2D eigenvalue weighted by Crippen LogP contribution is -2.37. The van der Waals surface area contributed by atoms with Crippen LogP contribution < -0.4 is 9.64 Å². The maximum atomic E-state index is 12.9. The minimum absolute atomic E-state index is 0.0258. The normalized spacial score (nSPS) is 18.2. The summed E-state index contributed by atoms with van der Waals surface area (Å²) in [5.41, 5.74) is 0.556. The molecule has 1 amide bonds. The minimum Gasteiger partial charge on any atom is -0.487 e. The van der Waals surface area contributed by atoms with Gasteiger partial charge in [-0.3, -0.25) is 4.79 Å². The van der Waals surface area contributed by atoms with Crippen LogP contribution in [-0.2, 0) is 17.6 Å². The first-order valence-corrected chi connectivity index (χ1v) is 10.8. The van der Waals surface area contributed by atoms with Crippen LogP contribution in [0.4, 0.5) is 18.9 Å². The van der Waals surface area contributed by atoms with Crippen LogP contribution in [0.3, 0.4) is 0 Å². The fourth-order valence-corrected chi connectivity index (χ4v) is 4.20. The maximum Gasteiger partial charge on any atom is 0.416 e. The number of anilines is 1. The summed E-state index contributed by atoms with van der Waals surface area (Å²) in [6, 6.07) is 10.6. The number of hydrogen-bond donors (Lipinski definition) is 0. The number of hydrogen-bond acceptors (Lipinski definition) is 4. The number of likely N-dealkylation sites (tertiary alicyclic amines) is 1. The van der Waals surface area contributed by atoms with E-state index in [0.29, 0.717) is 36.1 Å². The van der Waals surface area contributed by atoms with Gasteiger partial charge in [0.25, 0.3) is 0 Å². The van der Waals surface area contributed by atoms with Crippen molar-refractivity contribution in [3.8, 4) is 5.75 Å². The summed E-state index contributed by atoms with van der Waals surface area (Å²) >= 11 is 6.39. The van der Waals surface area contributed by atoms with Gasteiger partial charge in [0.15, 0.2) is 0 Å². The van der Waals surface area contributed by atoms with Crippen molar-refractivity contribution >= 4 is 23.2 Å². The van der Waals surface area contributed by atoms with Crippen LogP contribution in [-0.4, -0.2) is 41.5 Å². The van der Waals surface area contributed by atoms with Gasteiger partial charge in [-0.2, -0.15) is 13.2 Å². The molecular formula is C24H23ClF3N3O2. The molecule has 33 heavy (non-hydrogen) atoms. The van der Waals surface area contributed by atoms with Crippen molar-refractivity contribution in [2.24, 2.45) is 0 Å². The van der Waals surface area contributed by atoms with Crippen LogP contribution in [0.2, 0.25) is 5.02 Å². The molecule has 5 nitrogen and oxygen atoms in total. The number of alkyl halides is 3. The number of ether oxygens (including phenoxy) is 1. The van der Waals surface area contributed by atoms with Crippen LogP contribution in [0.5, 0.6) is 5.75 Å². The molecule has 2 heterocycles. The zero-order valence-electron chi connectivity index (χ0n) is 17.8. The Labute approximate surface area is 195 Å². The van der Waals surface area contributed by atoms with Gasteiger partial charge in [0.05, 0.1) is 17.3 Å². The van der Waals surface area contributed by atoms with E-state index in [1.807, 2.05) is 23.4 Å². The van der Waals surface area contributed by atoms with E-state index in [-0.39, 0.29) is 18.6 Å². The van der Waals surface area contributed by atoms with Gasteiger partial charge in [-0.25, -0.2) is 0 Å². The lowest BCUT2D eigenvalue weighted by Gasteiger charge is -2.27. The predicted molar refractivity (Wildman–Crippen MR) is 121 cm³/mol. The summed E-state index contributed by atoms with van der Waals surface area (Å²) in [4.78, 5) is 17.8. The topological polar surface area (TPSA) is 36.0 Å². The average molecular weight is 478 g/mol. The fraction of sp³-hybridized carbons (Fsp3) is 0.292. The van der Waals surface area contributed by atoms with E-state index in [1.54, 1.807) is 23.1 Å². The molecule has 2 aliphatic rings. The number of carbonyl (C=O) groups is 1. The SMILES string of the molecule is C=CC(=O)N1CC[C@@H](N2C=CN(c3ccc(OCc4cccc(C(F)(F)F)c4)c(Cl)c3)C2)C1. The quantitative estimate of drug-likeness (QED) is 0.531. The molecule has 9 heteroatoms. The predicted octanol–water partition coefficient (Wildman–Crippen LogP) is 5.28. The molecule has 0 bridgehead atoms.